The van der Waals surface area contributed by atoms with Crippen LogP contribution < -0.4 is 10.2 Å². The number of amides is 1. The third-order valence-corrected chi connectivity index (χ3v) is 5.29. The molecule has 0 fully saturated rings. The summed E-state index contributed by atoms with van der Waals surface area (Å²) in [6.45, 7) is 12.7. The fraction of sp³-hybridized carbons (Fsp3) is 0.417. The zero-order chi connectivity index (χ0) is 22.3. The fourth-order valence-corrected chi connectivity index (χ4v) is 3.79. The summed E-state index contributed by atoms with van der Waals surface area (Å²) in [5.41, 5.74) is 4.76. The third kappa shape index (κ3) is 5.31. The topological polar surface area (TPSA) is 70.3 Å². The van der Waals surface area contributed by atoms with Gasteiger partial charge in [0.2, 0.25) is 0 Å². The minimum absolute atomic E-state index is 0.0717. The number of rotatable bonds is 9. The molecule has 6 nitrogen and oxygen atoms in total. The number of nitriles is 1. The lowest BCUT2D eigenvalue weighted by Crippen LogP contribution is -2.21. The molecule has 0 aliphatic rings. The van der Waals surface area contributed by atoms with Crippen molar-refractivity contribution in [2.45, 2.75) is 40.7 Å². The van der Waals surface area contributed by atoms with Crippen molar-refractivity contribution < 1.29 is 9.53 Å². The molecule has 0 aliphatic heterocycles. The standard InChI is InChI=1S/C24H32N4O2/c1-7-27(8-2)23-11-9-22(10-12-23)26-24(29)21(15-25)14-20-13-17(3)28(19(20)5)18(4)16-30-6/h9-14,18H,7-8,16H2,1-6H3,(H,26,29)/b21-14+. The second kappa shape index (κ2) is 10.7. The van der Waals surface area contributed by atoms with Crippen LogP contribution in [-0.2, 0) is 9.53 Å². The molecule has 0 radical (unpaired) electrons. The molecule has 1 atom stereocenters. The molecule has 30 heavy (non-hydrogen) atoms. The Morgan fingerprint density at radius 2 is 1.90 bits per heavy atom. The monoisotopic (exact) mass is 408 g/mol. The van der Waals surface area contributed by atoms with E-state index in [-0.39, 0.29) is 11.6 Å². The summed E-state index contributed by atoms with van der Waals surface area (Å²) in [4.78, 5) is 14.9. The van der Waals surface area contributed by atoms with E-state index in [4.69, 9.17) is 4.74 Å². The lowest BCUT2D eigenvalue weighted by Gasteiger charge is -2.21. The number of anilines is 2. The first-order chi connectivity index (χ1) is 14.4. The van der Waals surface area contributed by atoms with Crippen LogP contribution in [0.5, 0.6) is 0 Å². The molecule has 1 N–H and O–H groups in total. The number of nitrogens with zero attached hydrogens (tertiary/aromatic N) is 3. The number of benzene rings is 1. The second-order valence-electron chi connectivity index (χ2n) is 7.34. The summed E-state index contributed by atoms with van der Waals surface area (Å²) in [6.07, 6.45) is 1.65. The number of hydrogen-bond donors (Lipinski definition) is 1. The van der Waals surface area contributed by atoms with Gasteiger partial charge >= 0.3 is 0 Å². The number of hydrogen-bond acceptors (Lipinski definition) is 4. The molecule has 0 saturated heterocycles. The summed E-state index contributed by atoms with van der Waals surface area (Å²) >= 11 is 0. The molecule has 1 heterocycles. The highest BCUT2D eigenvalue weighted by atomic mass is 16.5. The zero-order valence-electron chi connectivity index (χ0n) is 18.8. The van der Waals surface area contributed by atoms with Gasteiger partial charge in [-0.1, -0.05) is 0 Å². The number of methoxy groups -OCH3 is 1. The Bertz CT molecular complexity index is 931. The Labute approximate surface area is 179 Å². The van der Waals surface area contributed by atoms with Gasteiger partial charge in [0.1, 0.15) is 11.6 Å². The maximum Gasteiger partial charge on any atom is 0.266 e. The van der Waals surface area contributed by atoms with Crippen LogP contribution in [0, 0.1) is 25.2 Å². The zero-order valence-corrected chi connectivity index (χ0v) is 18.8. The lowest BCUT2D eigenvalue weighted by atomic mass is 10.1. The normalized spacial score (nSPS) is 12.4. The molecule has 2 rings (SSSR count). The summed E-state index contributed by atoms with van der Waals surface area (Å²) < 4.78 is 7.43. The molecule has 160 valence electrons. The van der Waals surface area contributed by atoms with Crippen LogP contribution in [0.25, 0.3) is 6.08 Å². The first-order valence-electron chi connectivity index (χ1n) is 10.3. The van der Waals surface area contributed by atoms with Crippen LogP contribution in [0.1, 0.15) is 43.8 Å². The molecule has 1 unspecified atom stereocenters. The van der Waals surface area contributed by atoms with Crippen LogP contribution in [0.2, 0.25) is 0 Å². The van der Waals surface area contributed by atoms with Crippen molar-refractivity contribution >= 4 is 23.4 Å². The molecular weight excluding hydrogens is 376 g/mol. The molecule has 0 aliphatic carbocycles. The van der Waals surface area contributed by atoms with Crippen molar-refractivity contribution in [1.82, 2.24) is 4.57 Å². The van der Waals surface area contributed by atoms with Gasteiger partial charge in [-0.25, -0.2) is 0 Å². The summed E-state index contributed by atoms with van der Waals surface area (Å²) in [6, 6.07) is 11.9. The minimum Gasteiger partial charge on any atom is -0.383 e. The van der Waals surface area contributed by atoms with E-state index >= 15 is 0 Å². The summed E-state index contributed by atoms with van der Waals surface area (Å²) in [5, 5.41) is 12.4. The maximum atomic E-state index is 12.7. The van der Waals surface area contributed by atoms with E-state index < -0.39 is 5.91 Å². The van der Waals surface area contributed by atoms with Crippen molar-refractivity contribution in [3.8, 4) is 6.07 Å². The largest absolute Gasteiger partial charge is 0.383 e. The predicted molar refractivity (Wildman–Crippen MR) is 123 cm³/mol. The third-order valence-electron chi connectivity index (χ3n) is 5.29. The van der Waals surface area contributed by atoms with Gasteiger partial charge in [0.05, 0.1) is 12.6 Å². The Hall–Kier alpha value is -3.04. The van der Waals surface area contributed by atoms with Crippen molar-refractivity contribution in [2.24, 2.45) is 0 Å². The van der Waals surface area contributed by atoms with E-state index in [0.717, 1.165) is 35.7 Å². The molecule has 0 spiro atoms. The average Bonchev–Trinajstić information content (AvgIpc) is 3.01. The SMILES string of the molecule is CCN(CC)c1ccc(NC(=O)/C(C#N)=C/c2cc(C)n(C(C)COC)c2C)cc1. The highest BCUT2D eigenvalue weighted by molar-refractivity contribution is 6.09. The molecule has 0 bridgehead atoms. The molecular formula is C24H32N4O2. The quantitative estimate of drug-likeness (QED) is 0.482. The van der Waals surface area contributed by atoms with Crippen molar-refractivity contribution in [2.75, 3.05) is 37.0 Å². The Balaban J connectivity index is 2.22. The van der Waals surface area contributed by atoms with Gasteiger partial charge in [0.15, 0.2) is 0 Å². The second-order valence-corrected chi connectivity index (χ2v) is 7.34. The molecule has 1 aromatic carbocycles. The number of aromatic nitrogens is 1. The number of ether oxygens (including phenoxy) is 1. The van der Waals surface area contributed by atoms with E-state index in [2.05, 4.69) is 35.6 Å². The van der Waals surface area contributed by atoms with E-state index in [0.29, 0.717) is 12.3 Å². The van der Waals surface area contributed by atoms with E-state index in [9.17, 15) is 10.1 Å². The van der Waals surface area contributed by atoms with Gasteiger partial charge in [0.25, 0.3) is 5.91 Å². The number of nitrogens with one attached hydrogen (secondary N) is 1. The van der Waals surface area contributed by atoms with E-state index in [1.807, 2.05) is 50.2 Å². The molecule has 1 amide bonds. The Morgan fingerprint density at radius 3 is 2.43 bits per heavy atom. The Morgan fingerprint density at radius 1 is 1.27 bits per heavy atom. The van der Waals surface area contributed by atoms with Crippen LogP contribution in [-0.4, -0.2) is 37.3 Å². The van der Waals surface area contributed by atoms with E-state index in [1.54, 1.807) is 13.2 Å². The Kier molecular flexibility index (Phi) is 8.25. The number of carbonyl (C=O) groups excluding carboxylic acids is 1. The van der Waals surface area contributed by atoms with Crippen molar-refractivity contribution in [3.63, 3.8) is 0 Å². The van der Waals surface area contributed by atoms with Crippen molar-refractivity contribution in [3.05, 3.63) is 52.9 Å². The highest BCUT2D eigenvalue weighted by Gasteiger charge is 2.16. The first-order valence-corrected chi connectivity index (χ1v) is 10.3. The predicted octanol–water partition coefficient (Wildman–Crippen LogP) is 4.70. The van der Waals surface area contributed by atoms with Gasteiger partial charge < -0.3 is 19.5 Å². The smallest absolute Gasteiger partial charge is 0.266 e. The summed E-state index contributed by atoms with van der Waals surface area (Å²) in [5.74, 6) is -0.414. The van der Waals surface area contributed by atoms with Crippen LogP contribution in [0.15, 0.2) is 35.9 Å². The molecule has 6 heteroatoms. The molecule has 0 saturated carbocycles. The number of carbonyl (C=O) groups is 1. The van der Waals surface area contributed by atoms with Crippen LogP contribution in [0.4, 0.5) is 11.4 Å². The van der Waals surface area contributed by atoms with Crippen molar-refractivity contribution in [1.29, 1.82) is 5.26 Å². The highest BCUT2D eigenvalue weighted by Crippen LogP contribution is 2.23. The summed E-state index contributed by atoms with van der Waals surface area (Å²) in [7, 11) is 1.68. The van der Waals surface area contributed by atoms with E-state index in [1.165, 1.54) is 0 Å². The van der Waals surface area contributed by atoms with Crippen LogP contribution >= 0.6 is 0 Å². The molecule has 2 aromatic rings. The first kappa shape index (κ1) is 23.2. The average molecular weight is 409 g/mol. The number of aryl methyl sites for hydroxylation is 1. The minimum atomic E-state index is -0.414. The van der Waals surface area contributed by atoms with Gasteiger partial charge in [-0.05, 0) is 76.6 Å². The maximum absolute atomic E-state index is 12.7. The van der Waals surface area contributed by atoms with Gasteiger partial charge in [-0.2, -0.15) is 5.26 Å². The lowest BCUT2D eigenvalue weighted by molar-refractivity contribution is -0.112. The fourth-order valence-electron chi connectivity index (χ4n) is 3.79. The van der Waals surface area contributed by atoms with Gasteiger partial charge in [0, 0.05) is 43.0 Å². The van der Waals surface area contributed by atoms with Gasteiger partial charge in [-0.15, -0.1) is 0 Å². The van der Waals surface area contributed by atoms with Crippen LogP contribution in [0.3, 0.4) is 0 Å². The molecule has 1 aromatic heterocycles. The van der Waals surface area contributed by atoms with Gasteiger partial charge in [-0.3, -0.25) is 4.79 Å².